The number of hydrogen-bond acceptors (Lipinski definition) is 5. The summed E-state index contributed by atoms with van der Waals surface area (Å²) in [5.74, 6) is -3.34. The highest BCUT2D eigenvalue weighted by Gasteiger charge is 2.26. The maximum absolute atomic E-state index is 11.0. The van der Waals surface area contributed by atoms with Crippen molar-refractivity contribution in [2.75, 3.05) is 6.61 Å². The van der Waals surface area contributed by atoms with E-state index in [1.165, 1.54) is 0 Å². The van der Waals surface area contributed by atoms with E-state index < -0.39 is 23.4 Å². The number of aromatic nitrogens is 1. The number of benzene rings is 1. The molecule has 0 spiro atoms. The van der Waals surface area contributed by atoms with E-state index in [0.717, 1.165) is 0 Å². The monoisotopic (exact) mass is 277 g/mol. The van der Waals surface area contributed by atoms with Gasteiger partial charge in [0, 0.05) is 0 Å². The van der Waals surface area contributed by atoms with E-state index in [4.69, 9.17) is 19.4 Å². The molecule has 0 bridgehead atoms. The van der Waals surface area contributed by atoms with Crippen LogP contribution < -0.4 is 4.74 Å². The van der Waals surface area contributed by atoms with Crippen molar-refractivity contribution in [2.45, 2.75) is 6.92 Å². The average Bonchev–Trinajstić information content (AvgIpc) is 2.85. The number of carbonyl (C=O) groups is 2. The largest absolute Gasteiger partial charge is 0.493 e. The summed E-state index contributed by atoms with van der Waals surface area (Å²) in [6, 6.07) is 6.68. The van der Waals surface area contributed by atoms with Gasteiger partial charge in [0.2, 0.25) is 17.3 Å². The van der Waals surface area contributed by atoms with Crippen LogP contribution in [-0.2, 0) is 0 Å². The van der Waals surface area contributed by atoms with Crippen molar-refractivity contribution in [1.29, 1.82) is 0 Å². The molecule has 2 N–H and O–H groups in total. The summed E-state index contributed by atoms with van der Waals surface area (Å²) in [7, 11) is 0. The van der Waals surface area contributed by atoms with Crippen LogP contribution in [0.5, 0.6) is 5.75 Å². The predicted molar refractivity (Wildman–Crippen MR) is 67.0 cm³/mol. The average molecular weight is 277 g/mol. The number of para-hydroxylation sites is 1. The van der Waals surface area contributed by atoms with Crippen molar-refractivity contribution in [2.24, 2.45) is 0 Å². The third kappa shape index (κ3) is 2.46. The van der Waals surface area contributed by atoms with Gasteiger partial charge in [-0.25, -0.2) is 14.6 Å². The summed E-state index contributed by atoms with van der Waals surface area (Å²) in [4.78, 5) is 25.6. The number of nitrogens with zero attached hydrogens (tertiary/aromatic N) is 1. The Balaban J connectivity index is 2.56. The molecule has 1 aromatic heterocycles. The van der Waals surface area contributed by atoms with Crippen molar-refractivity contribution >= 4 is 11.9 Å². The van der Waals surface area contributed by atoms with E-state index in [-0.39, 0.29) is 5.89 Å². The number of ether oxygens (including phenoxy) is 1. The van der Waals surface area contributed by atoms with Gasteiger partial charge in [0.1, 0.15) is 5.75 Å². The second kappa shape index (κ2) is 5.43. The molecule has 0 aliphatic heterocycles. The molecule has 0 atom stereocenters. The molecule has 104 valence electrons. The normalized spacial score (nSPS) is 10.2. The summed E-state index contributed by atoms with van der Waals surface area (Å²) < 4.78 is 10.4. The van der Waals surface area contributed by atoms with Crippen molar-refractivity contribution in [3.8, 4) is 17.2 Å². The van der Waals surface area contributed by atoms with Gasteiger partial charge in [-0.3, -0.25) is 0 Å². The van der Waals surface area contributed by atoms with Gasteiger partial charge in [-0.15, -0.1) is 0 Å². The zero-order valence-electron chi connectivity index (χ0n) is 10.5. The number of carboxylic acids is 2. The molecular weight excluding hydrogens is 266 g/mol. The van der Waals surface area contributed by atoms with Crippen LogP contribution in [0.4, 0.5) is 0 Å². The van der Waals surface area contributed by atoms with Gasteiger partial charge in [-0.1, -0.05) is 12.1 Å². The maximum atomic E-state index is 11.0. The number of aromatic carboxylic acids is 2. The summed E-state index contributed by atoms with van der Waals surface area (Å²) in [6.45, 7) is 2.19. The molecule has 0 saturated heterocycles. The van der Waals surface area contributed by atoms with Gasteiger partial charge >= 0.3 is 11.9 Å². The Bertz CT molecular complexity index is 629. The summed E-state index contributed by atoms with van der Waals surface area (Å²) in [5.41, 5.74) is -0.247. The fraction of sp³-hybridized carbons (Fsp3) is 0.154. The molecule has 2 rings (SSSR count). The molecule has 7 nitrogen and oxygen atoms in total. The summed E-state index contributed by atoms with van der Waals surface area (Å²) in [5, 5.41) is 17.8. The summed E-state index contributed by atoms with van der Waals surface area (Å²) >= 11 is 0. The van der Waals surface area contributed by atoms with Crippen LogP contribution in [0.25, 0.3) is 11.5 Å². The van der Waals surface area contributed by atoms with E-state index >= 15 is 0 Å². The molecule has 1 aromatic carbocycles. The zero-order valence-corrected chi connectivity index (χ0v) is 10.5. The Morgan fingerprint density at radius 2 is 1.95 bits per heavy atom. The predicted octanol–water partition coefficient (Wildman–Crippen LogP) is 2.14. The SMILES string of the molecule is CCOc1ccccc1-c1nc(C(=O)O)c(C(=O)O)o1. The van der Waals surface area contributed by atoms with Crippen molar-refractivity contribution in [3.05, 3.63) is 35.7 Å². The van der Waals surface area contributed by atoms with E-state index in [9.17, 15) is 9.59 Å². The van der Waals surface area contributed by atoms with Crippen LogP contribution in [0.15, 0.2) is 28.7 Å². The first-order valence-electron chi connectivity index (χ1n) is 5.74. The van der Waals surface area contributed by atoms with Gasteiger partial charge in [-0.2, -0.15) is 0 Å². The Kier molecular flexibility index (Phi) is 3.69. The Hall–Kier alpha value is -2.83. The number of hydrogen-bond donors (Lipinski definition) is 2. The molecule has 0 radical (unpaired) electrons. The third-order valence-electron chi connectivity index (χ3n) is 2.44. The minimum absolute atomic E-state index is 0.108. The smallest absolute Gasteiger partial charge is 0.374 e. The number of oxazole rings is 1. The highest BCUT2D eigenvalue weighted by molar-refractivity contribution is 5.98. The summed E-state index contributed by atoms with van der Waals surface area (Å²) in [6.07, 6.45) is 0. The number of carboxylic acid groups (broad SMARTS) is 2. The fourth-order valence-corrected chi connectivity index (χ4v) is 1.65. The van der Waals surface area contributed by atoms with Crippen molar-refractivity contribution in [3.63, 3.8) is 0 Å². The highest BCUT2D eigenvalue weighted by atomic mass is 16.5. The second-order valence-electron chi connectivity index (χ2n) is 3.74. The van der Waals surface area contributed by atoms with E-state index in [1.807, 2.05) is 0 Å². The molecule has 1 heterocycles. The molecular formula is C13H11NO6. The lowest BCUT2D eigenvalue weighted by atomic mass is 10.2. The van der Waals surface area contributed by atoms with Crippen molar-refractivity contribution in [1.82, 2.24) is 4.98 Å². The first kappa shape index (κ1) is 13.6. The first-order chi connectivity index (χ1) is 9.54. The van der Waals surface area contributed by atoms with E-state index in [0.29, 0.717) is 17.9 Å². The lowest BCUT2D eigenvalue weighted by molar-refractivity contribution is 0.0624. The van der Waals surface area contributed by atoms with E-state index in [2.05, 4.69) is 4.98 Å². The Morgan fingerprint density at radius 1 is 1.25 bits per heavy atom. The second-order valence-corrected chi connectivity index (χ2v) is 3.74. The molecule has 0 aliphatic rings. The fourth-order valence-electron chi connectivity index (χ4n) is 1.65. The van der Waals surface area contributed by atoms with Crippen LogP contribution in [0, 0.1) is 0 Å². The van der Waals surface area contributed by atoms with Crippen LogP contribution in [-0.4, -0.2) is 33.7 Å². The van der Waals surface area contributed by atoms with Gasteiger partial charge in [0.25, 0.3) is 0 Å². The topological polar surface area (TPSA) is 110 Å². The minimum Gasteiger partial charge on any atom is -0.493 e. The lowest BCUT2D eigenvalue weighted by Gasteiger charge is -2.06. The molecule has 0 amide bonds. The quantitative estimate of drug-likeness (QED) is 0.861. The van der Waals surface area contributed by atoms with Crippen LogP contribution in [0.2, 0.25) is 0 Å². The van der Waals surface area contributed by atoms with Gasteiger partial charge < -0.3 is 19.4 Å². The van der Waals surface area contributed by atoms with Crippen LogP contribution in [0.3, 0.4) is 0 Å². The molecule has 0 fully saturated rings. The molecule has 2 aromatic rings. The molecule has 20 heavy (non-hydrogen) atoms. The van der Waals surface area contributed by atoms with Crippen molar-refractivity contribution < 1.29 is 29.0 Å². The minimum atomic E-state index is -1.49. The molecule has 0 aliphatic carbocycles. The molecule has 7 heteroatoms. The van der Waals surface area contributed by atoms with Gasteiger partial charge in [0.15, 0.2) is 0 Å². The zero-order chi connectivity index (χ0) is 14.7. The molecule has 0 unspecified atom stereocenters. The Morgan fingerprint density at radius 3 is 2.50 bits per heavy atom. The number of rotatable bonds is 5. The van der Waals surface area contributed by atoms with Gasteiger partial charge in [0.05, 0.1) is 12.2 Å². The lowest BCUT2D eigenvalue weighted by Crippen LogP contribution is -2.05. The first-order valence-corrected chi connectivity index (χ1v) is 5.74. The Labute approximate surface area is 113 Å². The van der Waals surface area contributed by atoms with E-state index in [1.54, 1.807) is 31.2 Å². The standard InChI is InChI=1S/C13H11NO6/c1-2-19-8-6-4-3-5-7(8)11-14-9(12(15)16)10(20-11)13(17)18/h3-6H,2H2,1H3,(H,15,16)(H,17,18). The van der Waals surface area contributed by atoms with Crippen LogP contribution in [0.1, 0.15) is 28.0 Å². The molecule has 0 saturated carbocycles. The highest BCUT2D eigenvalue weighted by Crippen LogP contribution is 2.30. The van der Waals surface area contributed by atoms with Gasteiger partial charge in [-0.05, 0) is 19.1 Å². The maximum Gasteiger partial charge on any atom is 0.374 e. The third-order valence-corrected chi connectivity index (χ3v) is 2.44. The van der Waals surface area contributed by atoms with Crippen LogP contribution >= 0.6 is 0 Å².